The lowest BCUT2D eigenvalue weighted by Crippen LogP contribution is -2.26. The number of hydrogen-bond acceptors (Lipinski definition) is 4. The minimum Gasteiger partial charge on any atom is -0.354 e. The van der Waals surface area contributed by atoms with Crippen molar-refractivity contribution in [2.24, 2.45) is 5.92 Å². The molecule has 0 spiro atoms. The topological polar surface area (TPSA) is 66.9 Å². The van der Waals surface area contributed by atoms with Crippen molar-refractivity contribution in [2.45, 2.75) is 33.6 Å². The minimum absolute atomic E-state index is 0.141. The first-order valence-corrected chi connectivity index (χ1v) is 6.48. The van der Waals surface area contributed by atoms with Crippen molar-refractivity contribution in [3.63, 3.8) is 0 Å². The van der Waals surface area contributed by atoms with Crippen LogP contribution in [0.5, 0.6) is 0 Å². The zero-order valence-corrected chi connectivity index (χ0v) is 11.4. The van der Waals surface area contributed by atoms with Gasteiger partial charge in [0, 0.05) is 19.3 Å². The monoisotopic (exact) mass is 250 g/mol. The Morgan fingerprint density at radius 3 is 2.83 bits per heavy atom. The van der Waals surface area contributed by atoms with Gasteiger partial charge in [-0.25, -0.2) is 9.97 Å². The molecule has 0 bridgehead atoms. The SMILES string of the molecule is CCCNc1nccc(C(=O)NCCC(C)C)n1. The third kappa shape index (κ3) is 5.12. The van der Waals surface area contributed by atoms with Gasteiger partial charge in [0.25, 0.3) is 5.91 Å². The molecule has 0 fully saturated rings. The maximum absolute atomic E-state index is 11.8. The van der Waals surface area contributed by atoms with Crippen LogP contribution in [0.25, 0.3) is 0 Å². The Labute approximate surface area is 108 Å². The Kier molecular flexibility index (Phi) is 6.11. The molecule has 0 saturated heterocycles. The first-order chi connectivity index (χ1) is 8.63. The van der Waals surface area contributed by atoms with Gasteiger partial charge in [0.2, 0.25) is 5.95 Å². The van der Waals surface area contributed by atoms with Crippen LogP contribution < -0.4 is 10.6 Å². The molecular weight excluding hydrogens is 228 g/mol. The van der Waals surface area contributed by atoms with E-state index in [1.807, 2.05) is 0 Å². The molecule has 0 radical (unpaired) electrons. The molecule has 0 aliphatic rings. The predicted molar refractivity (Wildman–Crippen MR) is 72.6 cm³/mol. The summed E-state index contributed by atoms with van der Waals surface area (Å²) in [5, 5.41) is 5.92. The number of rotatable bonds is 7. The van der Waals surface area contributed by atoms with E-state index in [0.29, 0.717) is 24.1 Å². The summed E-state index contributed by atoms with van der Waals surface area (Å²) < 4.78 is 0. The molecule has 1 rings (SSSR count). The number of aromatic nitrogens is 2. The van der Waals surface area contributed by atoms with Gasteiger partial charge in [0.15, 0.2) is 0 Å². The van der Waals surface area contributed by atoms with Crippen molar-refractivity contribution in [2.75, 3.05) is 18.4 Å². The van der Waals surface area contributed by atoms with E-state index in [1.54, 1.807) is 12.3 Å². The van der Waals surface area contributed by atoms with Crippen LogP contribution in [0.1, 0.15) is 44.1 Å². The number of carbonyl (C=O) groups is 1. The fourth-order valence-electron chi connectivity index (χ4n) is 1.37. The van der Waals surface area contributed by atoms with Crippen LogP contribution in [0, 0.1) is 5.92 Å². The van der Waals surface area contributed by atoms with Crippen LogP contribution in [0.2, 0.25) is 0 Å². The average Bonchev–Trinajstić information content (AvgIpc) is 2.36. The summed E-state index contributed by atoms with van der Waals surface area (Å²) in [4.78, 5) is 20.1. The van der Waals surface area contributed by atoms with Gasteiger partial charge in [-0.15, -0.1) is 0 Å². The van der Waals surface area contributed by atoms with E-state index in [9.17, 15) is 4.79 Å². The lowest BCUT2D eigenvalue weighted by atomic mass is 10.1. The zero-order valence-electron chi connectivity index (χ0n) is 11.4. The van der Waals surface area contributed by atoms with E-state index in [-0.39, 0.29) is 5.91 Å². The van der Waals surface area contributed by atoms with Crippen molar-refractivity contribution >= 4 is 11.9 Å². The Morgan fingerprint density at radius 1 is 1.39 bits per heavy atom. The first kappa shape index (κ1) is 14.4. The van der Waals surface area contributed by atoms with Crippen LogP contribution in [-0.4, -0.2) is 29.0 Å². The molecule has 0 aromatic carbocycles. The molecule has 2 N–H and O–H groups in total. The molecular formula is C13H22N4O. The Balaban J connectivity index is 2.51. The summed E-state index contributed by atoms with van der Waals surface area (Å²) in [5.74, 6) is 0.948. The highest BCUT2D eigenvalue weighted by molar-refractivity contribution is 5.92. The largest absolute Gasteiger partial charge is 0.354 e. The molecule has 1 aromatic heterocycles. The van der Waals surface area contributed by atoms with Gasteiger partial charge in [-0.2, -0.15) is 0 Å². The molecule has 0 atom stereocenters. The van der Waals surface area contributed by atoms with E-state index >= 15 is 0 Å². The summed E-state index contributed by atoms with van der Waals surface area (Å²) in [6.45, 7) is 7.80. The van der Waals surface area contributed by atoms with Crippen LogP contribution in [0.3, 0.4) is 0 Å². The van der Waals surface area contributed by atoms with Gasteiger partial charge < -0.3 is 10.6 Å². The molecule has 100 valence electrons. The van der Waals surface area contributed by atoms with Gasteiger partial charge in [-0.1, -0.05) is 20.8 Å². The Morgan fingerprint density at radius 2 is 2.17 bits per heavy atom. The van der Waals surface area contributed by atoms with E-state index in [4.69, 9.17) is 0 Å². The summed E-state index contributed by atoms with van der Waals surface area (Å²) in [6.07, 6.45) is 3.56. The van der Waals surface area contributed by atoms with Gasteiger partial charge >= 0.3 is 0 Å². The molecule has 5 heteroatoms. The Bertz CT molecular complexity index is 379. The molecule has 0 aliphatic carbocycles. The summed E-state index contributed by atoms with van der Waals surface area (Å²) in [6, 6.07) is 1.63. The van der Waals surface area contributed by atoms with E-state index in [0.717, 1.165) is 19.4 Å². The van der Waals surface area contributed by atoms with Crippen LogP contribution in [0.15, 0.2) is 12.3 Å². The van der Waals surface area contributed by atoms with Crippen molar-refractivity contribution < 1.29 is 4.79 Å². The second kappa shape index (κ2) is 7.63. The third-order valence-corrected chi connectivity index (χ3v) is 2.43. The number of amides is 1. The van der Waals surface area contributed by atoms with Crippen molar-refractivity contribution in [3.05, 3.63) is 18.0 Å². The van der Waals surface area contributed by atoms with E-state index < -0.39 is 0 Å². The quantitative estimate of drug-likeness (QED) is 0.777. The van der Waals surface area contributed by atoms with Crippen molar-refractivity contribution in [3.8, 4) is 0 Å². The lowest BCUT2D eigenvalue weighted by molar-refractivity contribution is 0.0947. The summed E-state index contributed by atoms with van der Waals surface area (Å²) >= 11 is 0. The highest BCUT2D eigenvalue weighted by Gasteiger charge is 2.08. The highest BCUT2D eigenvalue weighted by Crippen LogP contribution is 2.01. The van der Waals surface area contributed by atoms with Gasteiger partial charge in [-0.05, 0) is 24.8 Å². The molecule has 5 nitrogen and oxygen atoms in total. The maximum atomic E-state index is 11.8. The van der Waals surface area contributed by atoms with Crippen molar-refractivity contribution in [1.29, 1.82) is 0 Å². The standard InChI is InChI=1S/C13H22N4O/c1-4-7-15-13-16-9-6-11(17-13)12(18)14-8-5-10(2)3/h6,9-10H,4-5,7-8H2,1-3H3,(H,14,18)(H,15,16,17). The fourth-order valence-corrected chi connectivity index (χ4v) is 1.37. The van der Waals surface area contributed by atoms with Gasteiger partial charge in [-0.3, -0.25) is 4.79 Å². The summed E-state index contributed by atoms with van der Waals surface area (Å²) in [5.41, 5.74) is 0.410. The fraction of sp³-hybridized carbons (Fsp3) is 0.615. The third-order valence-electron chi connectivity index (χ3n) is 2.43. The second-order valence-corrected chi connectivity index (χ2v) is 4.63. The molecule has 1 heterocycles. The molecule has 0 saturated carbocycles. The Hall–Kier alpha value is -1.65. The maximum Gasteiger partial charge on any atom is 0.270 e. The predicted octanol–water partition coefficient (Wildman–Crippen LogP) is 2.07. The van der Waals surface area contributed by atoms with Crippen molar-refractivity contribution in [1.82, 2.24) is 15.3 Å². The van der Waals surface area contributed by atoms with Crippen LogP contribution >= 0.6 is 0 Å². The summed E-state index contributed by atoms with van der Waals surface area (Å²) in [7, 11) is 0. The molecule has 1 amide bonds. The van der Waals surface area contributed by atoms with Crippen LogP contribution in [0.4, 0.5) is 5.95 Å². The van der Waals surface area contributed by atoms with E-state index in [1.165, 1.54) is 0 Å². The highest BCUT2D eigenvalue weighted by atomic mass is 16.1. The number of carbonyl (C=O) groups excluding carboxylic acids is 1. The van der Waals surface area contributed by atoms with Crippen LogP contribution in [-0.2, 0) is 0 Å². The molecule has 0 unspecified atom stereocenters. The zero-order chi connectivity index (χ0) is 13.4. The average molecular weight is 250 g/mol. The molecule has 18 heavy (non-hydrogen) atoms. The smallest absolute Gasteiger partial charge is 0.270 e. The molecule has 1 aromatic rings. The van der Waals surface area contributed by atoms with Gasteiger partial charge in [0.05, 0.1) is 0 Å². The molecule has 0 aliphatic heterocycles. The minimum atomic E-state index is -0.141. The first-order valence-electron chi connectivity index (χ1n) is 6.48. The lowest BCUT2D eigenvalue weighted by Gasteiger charge is -2.08. The number of nitrogens with one attached hydrogen (secondary N) is 2. The van der Waals surface area contributed by atoms with Gasteiger partial charge in [0.1, 0.15) is 5.69 Å². The number of nitrogens with zero attached hydrogens (tertiary/aromatic N) is 2. The second-order valence-electron chi connectivity index (χ2n) is 4.63. The number of hydrogen-bond donors (Lipinski definition) is 2. The number of anilines is 1. The van der Waals surface area contributed by atoms with E-state index in [2.05, 4.69) is 41.4 Å². The normalized spacial score (nSPS) is 10.4.